The summed E-state index contributed by atoms with van der Waals surface area (Å²) in [5.41, 5.74) is 0. The first-order chi connectivity index (χ1) is 10.6. The minimum absolute atomic E-state index is 0.0180. The number of aryl methyl sites for hydroxylation is 1. The lowest BCUT2D eigenvalue weighted by Gasteiger charge is -2.37. The van der Waals surface area contributed by atoms with Gasteiger partial charge in [-0.1, -0.05) is 20.3 Å². The Bertz CT molecular complexity index is 505. The van der Waals surface area contributed by atoms with E-state index in [-0.39, 0.29) is 18.0 Å². The number of nitrogens with zero attached hydrogens (tertiary/aromatic N) is 3. The van der Waals surface area contributed by atoms with Gasteiger partial charge in [-0.15, -0.1) is 0 Å². The molecule has 0 radical (unpaired) electrons. The largest absolute Gasteiger partial charge is 0.350 e. The Morgan fingerprint density at radius 2 is 2.09 bits per heavy atom. The zero-order valence-electron chi connectivity index (χ0n) is 13.8. The normalized spacial score (nSPS) is 24.0. The summed E-state index contributed by atoms with van der Waals surface area (Å²) in [6.45, 7) is 7.30. The number of carbonyl (C=O) groups is 1. The van der Waals surface area contributed by atoms with E-state index in [0.717, 1.165) is 38.3 Å². The number of likely N-dealkylation sites (tertiary alicyclic amines) is 1. The number of imidazole rings is 1. The molecule has 0 bridgehead atoms. The highest BCUT2D eigenvalue weighted by atomic mass is 16.2. The molecule has 0 saturated carbocycles. The fraction of sp³-hybridized carbons (Fsp3) is 0.765. The molecule has 22 heavy (non-hydrogen) atoms. The van der Waals surface area contributed by atoms with E-state index in [1.165, 1.54) is 19.3 Å². The number of fused-ring (bicyclic) bond motifs is 1. The highest BCUT2D eigenvalue weighted by Gasteiger charge is 2.31. The number of hydrogen-bond donors (Lipinski definition) is 1. The number of aromatic nitrogens is 2. The van der Waals surface area contributed by atoms with Gasteiger partial charge in [0.1, 0.15) is 5.82 Å². The van der Waals surface area contributed by atoms with Crippen molar-refractivity contribution >= 4 is 5.91 Å². The monoisotopic (exact) mass is 304 g/mol. The van der Waals surface area contributed by atoms with Crippen molar-refractivity contribution in [2.24, 2.45) is 5.92 Å². The van der Waals surface area contributed by atoms with E-state index < -0.39 is 0 Å². The Hall–Kier alpha value is -1.36. The van der Waals surface area contributed by atoms with E-state index in [0.29, 0.717) is 5.92 Å². The van der Waals surface area contributed by atoms with Crippen LogP contribution in [0.3, 0.4) is 0 Å². The summed E-state index contributed by atoms with van der Waals surface area (Å²) in [6, 6.07) is 0.254. The maximum atomic E-state index is 12.8. The number of hydrogen-bond acceptors (Lipinski definition) is 3. The molecule has 122 valence electrons. The van der Waals surface area contributed by atoms with Crippen LogP contribution in [0.1, 0.15) is 45.4 Å². The van der Waals surface area contributed by atoms with Gasteiger partial charge in [0.15, 0.2) is 0 Å². The Kier molecular flexibility index (Phi) is 4.81. The molecular formula is C17H28N4O. The summed E-state index contributed by atoms with van der Waals surface area (Å²) < 4.78 is 2.17. The molecule has 0 aromatic carbocycles. The molecule has 2 aliphatic rings. The molecule has 3 rings (SSSR count). The Labute approximate surface area is 133 Å². The predicted octanol–water partition coefficient (Wildman–Crippen LogP) is 1.82. The highest BCUT2D eigenvalue weighted by molar-refractivity contribution is 5.82. The minimum atomic E-state index is 0.0180. The van der Waals surface area contributed by atoms with Crippen molar-refractivity contribution in [1.82, 2.24) is 19.8 Å². The van der Waals surface area contributed by atoms with Crippen LogP contribution in [0.4, 0.5) is 0 Å². The maximum Gasteiger partial charge on any atom is 0.237 e. The number of carbonyl (C=O) groups excluding carboxylic acids is 1. The summed E-state index contributed by atoms with van der Waals surface area (Å²) in [4.78, 5) is 19.6. The molecule has 0 spiro atoms. The average Bonchev–Trinajstić information content (AvgIpc) is 2.95. The van der Waals surface area contributed by atoms with Gasteiger partial charge in [-0.25, -0.2) is 4.98 Å². The van der Waals surface area contributed by atoms with Gasteiger partial charge in [0.05, 0.1) is 6.04 Å². The lowest BCUT2D eigenvalue weighted by molar-refractivity contribution is -0.129. The number of piperidine rings is 1. The van der Waals surface area contributed by atoms with Gasteiger partial charge in [-0.3, -0.25) is 9.69 Å². The summed E-state index contributed by atoms with van der Waals surface area (Å²) in [5, 5.41) is 3.30. The van der Waals surface area contributed by atoms with Gasteiger partial charge >= 0.3 is 0 Å². The molecule has 1 N–H and O–H groups in total. The topological polar surface area (TPSA) is 50.2 Å². The van der Waals surface area contributed by atoms with E-state index in [4.69, 9.17) is 0 Å². The highest BCUT2D eigenvalue weighted by Crippen LogP contribution is 2.19. The fourth-order valence-corrected chi connectivity index (χ4v) is 3.86. The fourth-order valence-electron chi connectivity index (χ4n) is 3.86. The molecule has 0 aliphatic carbocycles. The van der Waals surface area contributed by atoms with E-state index in [2.05, 4.69) is 33.6 Å². The smallest absolute Gasteiger partial charge is 0.237 e. The van der Waals surface area contributed by atoms with Crippen LogP contribution in [0, 0.1) is 5.92 Å². The van der Waals surface area contributed by atoms with Crippen LogP contribution in [0.25, 0.3) is 0 Å². The van der Waals surface area contributed by atoms with E-state index >= 15 is 0 Å². The van der Waals surface area contributed by atoms with Crippen molar-refractivity contribution in [3.63, 3.8) is 0 Å². The summed E-state index contributed by atoms with van der Waals surface area (Å²) in [6.07, 6.45) is 9.55. The first-order valence-corrected chi connectivity index (χ1v) is 8.69. The van der Waals surface area contributed by atoms with E-state index in [9.17, 15) is 4.79 Å². The SMILES string of the molecule is CC(C)[C@H](C(=O)N[C@@H]1CCc2nccn2C1)N1CCCCC1. The molecule has 2 aliphatic heterocycles. The van der Waals surface area contributed by atoms with Crippen molar-refractivity contribution < 1.29 is 4.79 Å². The van der Waals surface area contributed by atoms with Crippen LogP contribution in [0.15, 0.2) is 12.4 Å². The summed E-state index contributed by atoms with van der Waals surface area (Å²) in [7, 11) is 0. The van der Waals surface area contributed by atoms with Crippen LogP contribution < -0.4 is 5.32 Å². The third-order valence-electron chi connectivity index (χ3n) is 4.97. The Morgan fingerprint density at radius 3 is 2.82 bits per heavy atom. The molecule has 2 atom stereocenters. The average molecular weight is 304 g/mol. The van der Waals surface area contributed by atoms with Crippen LogP contribution in [0.5, 0.6) is 0 Å². The van der Waals surface area contributed by atoms with Crippen LogP contribution >= 0.6 is 0 Å². The number of nitrogens with one attached hydrogen (secondary N) is 1. The molecule has 1 saturated heterocycles. The quantitative estimate of drug-likeness (QED) is 0.923. The Balaban J connectivity index is 1.62. The third kappa shape index (κ3) is 3.35. The predicted molar refractivity (Wildman–Crippen MR) is 86.5 cm³/mol. The summed E-state index contributed by atoms with van der Waals surface area (Å²) in [5.74, 6) is 1.71. The first kappa shape index (κ1) is 15.5. The minimum Gasteiger partial charge on any atom is -0.350 e. The molecule has 5 heteroatoms. The first-order valence-electron chi connectivity index (χ1n) is 8.69. The van der Waals surface area contributed by atoms with E-state index in [1.54, 1.807) is 0 Å². The standard InChI is InChI=1S/C17H28N4O/c1-13(2)16(20-9-4-3-5-10-20)17(22)19-14-6-7-15-18-8-11-21(15)12-14/h8,11,13-14,16H,3-7,9-10,12H2,1-2H3,(H,19,22)/t14-,16-/m1/s1. The Morgan fingerprint density at radius 1 is 1.32 bits per heavy atom. The van der Waals surface area contributed by atoms with Gasteiger partial charge in [-0.05, 0) is 38.3 Å². The zero-order valence-corrected chi connectivity index (χ0v) is 13.8. The van der Waals surface area contributed by atoms with Crippen LogP contribution in [-0.4, -0.2) is 45.5 Å². The van der Waals surface area contributed by atoms with Crippen LogP contribution in [0.2, 0.25) is 0 Å². The van der Waals surface area contributed by atoms with Crippen molar-refractivity contribution in [2.45, 2.75) is 64.6 Å². The second-order valence-corrected chi connectivity index (χ2v) is 7.03. The second-order valence-electron chi connectivity index (χ2n) is 7.03. The number of amides is 1. The lowest BCUT2D eigenvalue weighted by atomic mass is 9.97. The van der Waals surface area contributed by atoms with Crippen molar-refractivity contribution in [3.8, 4) is 0 Å². The van der Waals surface area contributed by atoms with Gasteiger partial charge < -0.3 is 9.88 Å². The molecule has 1 amide bonds. The molecule has 5 nitrogen and oxygen atoms in total. The molecule has 0 unspecified atom stereocenters. The molecule has 3 heterocycles. The molecule has 1 fully saturated rings. The van der Waals surface area contributed by atoms with Gasteiger partial charge in [0.25, 0.3) is 0 Å². The maximum absolute atomic E-state index is 12.8. The second kappa shape index (κ2) is 6.82. The van der Waals surface area contributed by atoms with Crippen molar-refractivity contribution in [3.05, 3.63) is 18.2 Å². The van der Waals surface area contributed by atoms with Crippen molar-refractivity contribution in [1.29, 1.82) is 0 Å². The summed E-state index contributed by atoms with van der Waals surface area (Å²) >= 11 is 0. The molecule has 1 aromatic rings. The van der Waals surface area contributed by atoms with Crippen LogP contribution in [-0.2, 0) is 17.8 Å². The van der Waals surface area contributed by atoms with Gasteiger partial charge in [0, 0.05) is 31.4 Å². The van der Waals surface area contributed by atoms with Crippen molar-refractivity contribution in [2.75, 3.05) is 13.1 Å². The zero-order chi connectivity index (χ0) is 15.5. The molecular weight excluding hydrogens is 276 g/mol. The van der Waals surface area contributed by atoms with Gasteiger partial charge in [-0.2, -0.15) is 0 Å². The van der Waals surface area contributed by atoms with E-state index in [1.807, 2.05) is 12.4 Å². The lowest BCUT2D eigenvalue weighted by Crippen LogP contribution is -2.54. The third-order valence-corrected chi connectivity index (χ3v) is 4.97. The number of rotatable bonds is 4. The molecule has 1 aromatic heterocycles. The van der Waals surface area contributed by atoms with Gasteiger partial charge in [0.2, 0.25) is 5.91 Å².